The summed E-state index contributed by atoms with van der Waals surface area (Å²) in [6.07, 6.45) is 4.33. The first-order valence-electron chi connectivity index (χ1n) is 8.06. The van der Waals surface area contributed by atoms with Crippen molar-refractivity contribution in [3.8, 4) is 5.75 Å². The summed E-state index contributed by atoms with van der Waals surface area (Å²) < 4.78 is 18.8. The molecule has 2 fully saturated rings. The Hall–Kier alpha value is -1.62. The fourth-order valence-electron chi connectivity index (χ4n) is 3.69. The van der Waals surface area contributed by atoms with Gasteiger partial charge in [0.1, 0.15) is 0 Å². The second kappa shape index (κ2) is 6.65. The van der Waals surface area contributed by atoms with Crippen molar-refractivity contribution in [3.05, 3.63) is 29.6 Å². The van der Waals surface area contributed by atoms with Crippen LogP contribution in [0.5, 0.6) is 5.75 Å². The maximum absolute atomic E-state index is 13.9. The van der Waals surface area contributed by atoms with Gasteiger partial charge in [0, 0.05) is 18.2 Å². The molecule has 0 radical (unpaired) electrons. The number of hydrogen-bond acceptors (Lipinski definition) is 3. The van der Waals surface area contributed by atoms with E-state index in [0.29, 0.717) is 11.5 Å². The van der Waals surface area contributed by atoms with E-state index in [1.807, 2.05) is 4.90 Å². The standard InChI is InChI=1S/C17H23FN2O2/c1-22-16-6-5-12(10-14(16)18)17(21)20-9-3-2-4-13-11-19-8-7-15(13)20/h5-6,10,13,15,19H,2-4,7-9,11H2,1H3/t13-,15+/m0/s1. The van der Waals surface area contributed by atoms with Crippen LogP contribution in [0.25, 0.3) is 0 Å². The molecule has 2 heterocycles. The van der Waals surface area contributed by atoms with Crippen LogP contribution in [0.1, 0.15) is 36.0 Å². The van der Waals surface area contributed by atoms with Gasteiger partial charge in [0.05, 0.1) is 7.11 Å². The molecule has 5 heteroatoms. The minimum Gasteiger partial charge on any atom is -0.494 e. The molecule has 1 aromatic rings. The zero-order chi connectivity index (χ0) is 15.5. The number of hydrogen-bond donors (Lipinski definition) is 1. The Labute approximate surface area is 130 Å². The number of methoxy groups -OCH3 is 1. The Morgan fingerprint density at radius 3 is 3.00 bits per heavy atom. The number of ether oxygens (including phenoxy) is 1. The average Bonchev–Trinajstić information content (AvgIpc) is 2.76. The molecule has 2 saturated heterocycles. The highest BCUT2D eigenvalue weighted by molar-refractivity contribution is 5.94. The van der Waals surface area contributed by atoms with E-state index in [-0.39, 0.29) is 17.7 Å². The second-order valence-electron chi connectivity index (χ2n) is 6.16. The summed E-state index contributed by atoms with van der Waals surface area (Å²) in [7, 11) is 1.42. The van der Waals surface area contributed by atoms with Crippen LogP contribution in [-0.4, -0.2) is 43.6 Å². The number of carbonyl (C=O) groups is 1. The van der Waals surface area contributed by atoms with Crippen molar-refractivity contribution < 1.29 is 13.9 Å². The first kappa shape index (κ1) is 15.3. The lowest BCUT2D eigenvalue weighted by atomic mass is 9.89. The molecule has 4 nitrogen and oxygen atoms in total. The zero-order valence-electron chi connectivity index (χ0n) is 13.0. The van der Waals surface area contributed by atoms with Crippen molar-refractivity contribution in [2.45, 2.75) is 31.7 Å². The van der Waals surface area contributed by atoms with Gasteiger partial charge in [-0.2, -0.15) is 0 Å². The Balaban J connectivity index is 1.84. The highest BCUT2D eigenvalue weighted by Gasteiger charge is 2.34. The molecule has 1 amide bonds. The van der Waals surface area contributed by atoms with Crippen LogP contribution in [0.15, 0.2) is 18.2 Å². The van der Waals surface area contributed by atoms with Gasteiger partial charge in [-0.05, 0) is 56.5 Å². The van der Waals surface area contributed by atoms with Gasteiger partial charge in [0.25, 0.3) is 5.91 Å². The Bertz CT molecular complexity index is 549. The van der Waals surface area contributed by atoms with Crippen LogP contribution in [0.2, 0.25) is 0 Å². The van der Waals surface area contributed by atoms with E-state index < -0.39 is 5.82 Å². The first-order valence-corrected chi connectivity index (χ1v) is 8.06. The van der Waals surface area contributed by atoms with E-state index in [9.17, 15) is 9.18 Å². The number of carbonyl (C=O) groups excluding carboxylic acids is 1. The van der Waals surface area contributed by atoms with Crippen molar-refractivity contribution in [1.82, 2.24) is 10.2 Å². The van der Waals surface area contributed by atoms with Gasteiger partial charge in [0.2, 0.25) is 0 Å². The fraction of sp³-hybridized carbons (Fsp3) is 0.588. The van der Waals surface area contributed by atoms with Crippen LogP contribution in [0.4, 0.5) is 4.39 Å². The van der Waals surface area contributed by atoms with Crippen molar-refractivity contribution in [2.24, 2.45) is 5.92 Å². The van der Waals surface area contributed by atoms with E-state index >= 15 is 0 Å². The summed E-state index contributed by atoms with van der Waals surface area (Å²) in [6.45, 7) is 2.70. The molecule has 0 bridgehead atoms. The number of fused-ring (bicyclic) bond motifs is 1. The van der Waals surface area contributed by atoms with Crippen LogP contribution < -0.4 is 10.1 Å². The molecule has 2 aliphatic heterocycles. The van der Waals surface area contributed by atoms with Crippen LogP contribution >= 0.6 is 0 Å². The Morgan fingerprint density at radius 1 is 1.36 bits per heavy atom. The van der Waals surface area contributed by atoms with Crippen LogP contribution in [0, 0.1) is 11.7 Å². The van der Waals surface area contributed by atoms with E-state index in [1.165, 1.54) is 25.7 Å². The number of likely N-dealkylation sites (tertiary alicyclic amines) is 1. The van der Waals surface area contributed by atoms with Gasteiger partial charge in [-0.3, -0.25) is 4.79 Å². The van der Waals surface area contributed by atoms with Gasteiger partial charge in [0.15, 0.2) is 11.6 Å². The number of halogens is 1. The molecule has 2 atom stereocenters. The summed E-state index contributed by atoms with van der Waals surface area (Å²) in [5.41, 5.74) is 0.414. The molecule has 0 spiro atoms. The molecule has 22 heavy (non-hydrogen) atoms. The molecule has 0 aromatic heterocycles. The molecule has 0 unspecified atom stereocenters. The predicted octanol–water partition coefficient (Wildman–Crippen LogP) is 2.44. The van der Waals surface area contributed by atoms with E-state index in [0.717, 1.165) is 38.9 Å². The highest BCUT2D eigenvalue weighted by Crippen LogP contribution is 2.29. The van der Waals surface area contributed by atoms with Crippen molar-refractivity contribution in [3.63, 3.8) is 0 Å². The number of piperidine rings is 1. The number of rotatable bonds is 2. The molecule has 3 rings (SSSR count). The second-order valence-corrected chi connectivity index (χ2v) is 6.16. The van der Waals surface area contributed by atoms with E-state index in [4.69, 9.17) is 4.74 Å². The lowest BCUT2D eigenvalue weighted by molar-refractivity contribution is 0.0586. The smallest absolute Gasteiger partial charge is 0.254 e. The molecule has 0 aliphatic carbocycles. The minimum atomic E-state index is -0.481. The molecule has 1 aromatic carbocycles. The average molecular weight is 306 g/mol. The maximum atomic E-state index is 13.9. The number of benzene rings is 1. The van der Waals surface area contributed by atoms with Crippen LogP contribution in [-0.2, 0) is 0 Å². The van der Waals surface area contributed by atoms with Crippen LogP contribution in [0.3, 0.4) is 0 Å². The molecular weight excluding hydrogens is 283 g/mol. The third-order valence-corrected chi connectivity index (χ3v) is 4.85. The summed E-state index contributed by atoms with van der Waals surface area (Å²) in [6, 6.07) is 4.76. The maximum Gasteiger partial charge on any atom is 0.254 e. The zero-order valence-corrected chi connectivity index (χ0v) is 13.0. The van der Waals surface area contributed by atoms with Gasteiger partial charge in [-0.15, -0.1) is 0 Å². The summed E-state index contributed by atoms with van der Waals surface area (Å²) in [5, 5.41) is 3.42. The lowest BCUT2D eigenvalue weighted by Gasteiger charge is -2.38. The summed E-state index contributed by atoms with van der Waals surface area (Å²) in [4.78, 5) is 14.8. The first-order chi connectivity index (χ1) is 10.7. The molecule has 2 aliphatic rings. The van der Waals surface area contributed by atoms with Gasteiger partial charge >= 0.3 is 0 Å². The fourth-order valence-corrected chi connectivity index (χ4v) is 3.69. The highest BCUT2D eigenvalue weighted by atomic mass is 19.1. The monoisotopic (exact) mass is 306 g/mol. The molecule has 120 valence electrons. The van der Waals surface area contributed by atoms with Crippen molar-refractivity contribution in [1.29, 1.82) is 0 Å². The van der Waals surface area contributed by atoms with Gasteiger partial charge in [-0.25, -0.2) is 4.39 Å². The van der Waals surface area contributed by atoms with Gasteiger partial charge in [-0.1, -0.05) is 6.42 Å². The Kier molecular flexibility index (Phi) is 4.62. The third kappa shape index (κ3) is 2.95. The summed E-state index contributed by atoms with van der Waals surface area (Å²) in [5.74, 6) is 0.154. The summed E-state index contributed by atoms with van der Waals surface area (Å²) >= 11 is 0. The third-order valence-electron chi connectivity index (χ3n) is 4.85. The molecule has 0 saturated carbocycles. The number of amides is 1. The lowest BCUT2D eigenvalue weighted by Crippen LogP contribution is -2.51. The Morgan fingerprint density at radius 2 is 2.23 bits per heavy atom. The normalized spacial score (nSPS) is 25.3. The minimum absolute atomic E-state index is 0.0552. The molecule has 1 N–H and O–H groups in total. The van der Waals surface area contributed by atoms with E-state index in [1.54, 1.807) is 6.07 Å². The van der Waals surface area contributed by atoms with Gasteiger partial charge < -0.3 is 15.0 Å². The largest absolute Gasteiger partial charge is 0.494 e. The predicted molar refractivity (Wildman–Crippen MR) is 82.6 cm³/mol. The quantitative estimate of drug-likeness (QED) is 0.912. The molecular formula is C17H23FN2O2. The SMILES string of the molecule is COc1ccc(C(=O)N2CCCC[C@H]3CNCC[C@H]32)cc1F. The van der Waals surface area contributed by atoms with Crippen molar-refractivity contribution >= 4 is 5.91 Å². The van der Waals surface area contributed by atoms with Crippen molar-refractivity contribution in [2.75, 3.05) is 26.7 Å². The number of nitrogens with one attached hydrogen (secondary N) is 1. The van der Waals surface area contributed by atoms with E-state index in [2.05, 4.69) is 5.32 Å². The topological polar surface area (TPSA) is 41.6 Å². The number of nitrogens with zero attached hydrogens (tertiary/aromatic N) is 1.